The van der Waals surface area contributed by atoms with Gasteiger partial charge in [-0.25, -0.2) is 4.98 Å². The van der Waals surface area contributed by atoms with E-state index in [0.717, 1.165) is 26.6 Å². The first-order chi connectivity index (χ1) is 8.79. The monoisotopic (exact) mass is 297 g/mol. The van der Waals surface area contributed by atoms with Crippen LogP contribution < -0.4 is 5.32 Å². The number of hydrogen-bond acceptors (Lipinski definition) is 5. The van der Waals surface area contributed by atoms with Gasteiger partial charge < -0.3 is 5.32 Å². The molecule has 2 aromatic rings. The van der Waals surface area contributed by atoms with E-state index in [-0.39, 0.29) is 0 Å². The van der Waals surface area contributed by atoms with Crippen molar-refractivity contribution >= 4 is 40.0 Å². The number of hydrogen-bond donors (Lipinski definition) is 1. The van der Waals surface area contributed by atoms with Gasteiger partial charge in [0.2, 0.25) is 5.13 Å². The Morgan fingerprint density at radius 3 is 3.11 bits per heavy atom. The first kappa shape index (κ1) is 12.3. The van der Waals surface area contributed by atoms with Crippen molar-refractivity contribution in [1.82, 2.24) is 9.36 Å². The standard InChI is InChI=1S/C12H12ClN3S2/c13-8-2-1-3-10(6-8)17-7-11-15-12(18-16-11)14-9-4-5-9/h1-3,6,9H,4-5,7H2,(H,14,15,16). The van der Waals surface area contributed by atoms with E-state index < -0.39 is 0 Å². The number of nitrogens with zero attached hydrogens (tertiary/aromatic N) is 2. The van der Waals surface area contributed by atoms with Crippen LogP contribution in [-0.2, 0) is 5.75 Å². The average molecular weight is 298 g/mol. The molecule has 0 amide bonds. The molecule has 3 nitrogen and oxygen atoms in total. The molecule has 1 fully saturated rings. The second-order valence-corrected chi connectivity index (χ2v) is 6.42. The summed E-state index contributed by atoms with van der Waals surface area (Å²) < 4.78 is 4.35. The van der Waals surface area contributed by atoms with Crippen LogP contribution in [0.3, 0.4) is 0 Å². The predicted molar refractivity (Wildman–Crippen MR) is 77.6 cm³/mol. The van der Waals surface area contributed by atoms with Crippen LogP contribution in [-0.4, -0.2) is 15.4 Å². The molecule has 1 heterocycles. The van der Waals surface area contributed by atoms with Crippen molar-refractivity contribution in [2.24, 2.45) is 0 Å². The van der Waals surface area contributed by atoms with Crippen molar-refractivity contribution in [3.05, 3.63) is 35.1 Å². The molecule has 94 valence electrons. The summed E-state index contributed by atoms with van der Waals surface area (Å²) in [4.78, 5) is 5.62. The summed E-state index contributed by atoms with van der Waals surface area (Å²) in [7, 11) is 0. The molecule has 0 radical (unpaired) electrons. The van der Waals surface area contributed by atoms with Gasteiger partial charge in [-0.1, -0.05) is 17.7 Å². The van der Waals surface area contributed by atoms with Crippen LogP contribution in [0, 0.1) is 0 Å². The van der Waals surface area contributed by atoms with Gasteiger partial charge >= 0.3 is 0 Å². The van der Waals surface area contributed by atoms with Crippen LogP contribution in [0.25, 0.3) is 0 Å². The SMILES string of the molecule is Clc1cccc(SCc2nsc(NC3CC3)n2)c1. The first-order valence-electron chi connectivity index (χ1n) is 5.77. The van der Waals surface area contributed by atoms with E-state index in [0.29, 0.717) is 6.04 Å². The van der Waals surface area contributed by atoms with Gasteiger partial charge in [0, 0.05) is 27.5 Å². The Labute approximate surface area is 119 Å². The van der Waals surface area contributed by atoms with E-state index in [4.69, 9.17) is 11.6 Å². The molecule has 1 N–H and O–H groups in total. The van der Waals surface area contributed by atoms with Gasteiger partial charge in [-0.15, -0.1) is 11.8 Å². The highest BCUT2D eigenvalue weighted by molar-refractivity contribution is 7.98. The van der Waals surface area contributed by atoms with Crippen LogP contribution in [0.2, 0.25) is 5.02 Å². The van der Waals surface area contributed by atoms with Crippen molar-refractivity contribution in [3.8, 4) is 0 Å². The lowest BCUT2D eigenvalue weighted by atomic mass is 10.4. The molecule has 1 aliphatic rings. The molecule has 0 atom stereocenters. The Balaban J connectivity index is 1.57. The van der Waals surface area contributed by atoms with Gasteiger partial charge in [0.1, 0.15) is 0 Å². The summed E-state index contributed by atoms with van der Waals surface area (Å²) in [5.74, 6) is 1.66. The molecular weight excluding hydrogens is 286 g/mol. The highest BCUT2D eigenvalue weighted by Gasteiger charge is 2.22. The van der Waals surface area contributed by atoms with Crippen LogP contribution in [0.1, 0.15) is 18.7 Å². The molecule has 3 rings (SSSR count). The van der Waals surface area contributed by atoms with Gasteiger partial charge in [0.15, 0.2) is 5.82 Å². The lowest BCUT2D eigenvalue weighted by Crippen LogP contribution is -1.99. The first-order valence-corrected chi connectivity index (χ1v) is 7.91. The van der Waals surface area contributed by atoms with Gasteiger partial charge in [-0.3, -0.25) is 0 Å². The van der Waals surface area contributed by atoms with Crippen LogP contribution in [0.5, 0.6) is 0 Å². The van der Waals surface area contributed by atoms with Crippen LogP contribution in [0.4, 0.5) is 5.13 Å². The minimum atomic E-state index is 0.631. The van der Waals surface area contributed by atoms with Crippen molar-refractivity contribution < 1.29 is 0 Å². The Bertz CT molecular complexity index is 540. The maximum absolute atomic E-state index is 5.94. The maximum atomic E-state index is 5.94. The Kier molecular flexibility index (Phi) is 3.72. The number of anilines is 1. The van der Waals surface area contributed by atoms with Crippen molar-refractivity contribution in [1.29, 1.82) is 0 Å². The Morgan fingerprint density at radius 1 is 1.44 bits per heavy atom. The van der Waals surface area contributed by atoms with Crippen molar-refractivity contribution in [2.75, 3.05) is 5.32 Å². The number of rotatable bonds is 5. The number of aromatic nitrogens is 2. The third-order valence-corrected chi connectivity index (χ3v) is 4.45. The zero-order chi connectivity index (χ0) is 12.4. The van der Waals surface area contributed by atoms with E-state index >= 15 is 0 Å². The van der Waals surface area contributed by atoms with Crippen LogP contribution >= 0.6 is 34.9 Å². The highest BCUT2D eigenvalue weighted by Crippen LogP contribution is 2.28. The number of nitrogens with one attached hydrogen (secondary N) is 1. The van der Waals surface area contributed by atoms with Crippen LogP contribution in [0.15, 0.2) is 29.2 Å². The summed E-state index contributed by atoms with van der Waals surface area (Å²) >= 11 is 9.09. The fraction of sp³-hybridized carbons (Fsp3) is 0.333. The smallest absolute Gasteiger partial charge is 0.202 e. The normalized spacial score (nSPS) is 14.7. The van der Waals surface area contributed by atoms with Crippen molar-refractivity contribution in [2.45, 2.75) is 29.5 Å². The molecule has 0 aliphatic heterocycles. The second kappa shape index (κ2) is 5.47. The molecule has 0 unspecified atom stereocenters. The zero-order valence-electron chi connectivity index (χ0n) is 9.60. The summed E-state index contributed by atoms with van der Waals surface area (Å²) in [6.07, 6.45) is 2.51. The summed E-state index contributed by atoms with van der Waals surface area (Å²) in [6, 6.07) is 8.48. The minimum absolute atomic E-state index is 0.631. The fourth-order valence-corrected chi connectivity index (χ4v) is 3.29. The maximum Gasteiger partial charge on any atom is 0.202 e. The van der Waals surface area contributed by atoms with E-state index in [1.165, 1.54) is 24.4 Å². The quantitative estimate of drug-likeness (QED) is 0.845. The molecule has 1 aromatic carbocycles. The molecule has 18 heavy (non-hydrogen) atoms. The van der Waals surface area contributed by atoms with E-state index in [1.807, 2.05) is 24.3 Å². The number of thioether (sulfide) groups is 1. The Morgan fingerprint density at radius 2 is 2.33 bits per heavy atom. The highest BCUT2D eigenvalue weighted by atomic mass is 35.5. The zero-order valence-corrected chi connectivity index (χ0v) is 12.0. The van der Waals surface area contributed by atoms with E-state index in [1.54, 1.807) is 11.8 Å². The third kappa shape index (κ3) is 3.37. The third-order valence-electron chi connectivity index (χ3n) is 2.54. The number of halogens is 1. The largest absolute Gasteiger partial charge is 0.358 e. The molecule has 1 aromatic heterocycles. The Hall–Kier alpha value is -0.780. The average Bonchev–Trinajstić information content (AvgIpc) is 3.05. The fourth-order valence-electron chi connectivity index (χ4n) is 1.48. The minimum Gasteiger partial charge on any atom is -0.358 e. The van der Waals surface area contributed by atoms with E-state index in [2.05, 4.69) is 14.7 Å². The molecular formula is C12H12ClN3S2. The predicted octanol–water partition coefficient (Wildman–Crippen LogP) is 4.06. The van der Waals surface area contributed by atoms with Gasteiger partial charge in [0.05, 0.1) is 5.75 Å². The topological polar surface area (TPSA) is 37.8 Å². The lowest BCUT2D eigenvalue weighted by molar-refractivity contribution is 1.09. The van der Waals surface area contributed by atoms with Gasteiger partial charge in [-0.2, -0.15) is 4.37 Å². The summed E-state index contributed by atoms with van der Waals surface area (Å²) in [5.41, 5.74) is 0. The molecule has 6 heteroatoms. The lowest BCUT2D eigenvalue weighted by Gasteiger charge is -1.99. The molecule has 0 bridgehead atoms. The summed E-state index contributed by atoms with van der Waals surface area (Å²) in [5, 5.41) is 5.07. The molecule has 0 saturated heterocycles. The van der Waals surface area contributed by atoms with E-state index in [9.17, 15) is 0 Å². The molecule has 1 aliphatic carbocycles. The summed E-state index contributed by atoms with van der Waals surface area (Å²) in [6.45, 7) is 0. The second-order valence-electron chi connectivity index (χ2n) is 4.18. The van der Waals surface area contributed by atoms with Gasteiger partial charge in [0.25, 0.3) is 0 Å². The molecule has 0 spiro atoms. The van der Waals surface area contributed by atoms with Gasteiger partial charge in [-0.05, 0) is 31.0 Å². The van der Waals surface area contributed by atoms with Crippen molar-refractivity contribution in [3.63, 3.8) is 0 Å². The number of benzene rings is 1. The molecule has 1 saturated carbocycles.